The molecule has 1 aromatic heterocycles. The lowest BCUT2D eigenvalue weighted by atomic mass is 9.63. The molecule has 1 fully saturated rings. The molecule has 0 bridgehead atoms. The van der Waals surface area contributed by atoms with Crippen LogP contribution in [-0.2, 0) is 33.6 Å². The Balaban J connectivity index is 1.54. The molecule has 1 atom stereocenters. The molecular formula is C44H48F2N2O5. The highest BCUT2D eigenvalue weighted by Crippen LogP contribution is 2.47. The summed E-state index contributed by atoms with van der Waals surface area (Å²) < 4.78 is 34.1. The number of hydrogen-bond acceptors (Lipinski definition) is 6. The summed E-state index contributed by atoms with van der Waals surface area (Å²) >= 11 is 0. The fourth-order valence-electron chi connectivity index (χ4n) is 7.90. The summed E-state index contributed by atoms with van der Waals surface area (Å²) in [7, 11) is 0. The smallest absolute Gasteiger partial charge is 0.337 e. The fourth-order valence-corrected chi connectivity index (χ4v) is 7.90. The Morgan fingerprint density at radius 2 is 1.43 bits per heavy atom. The van der Waals surface area contributed by atoms with E-state index in [0.29, 0.717) is 63.4 Å². The first-order valence-corrected chi connectivity index (χ1v) is 18.2. The number of ether oxygens (including phenoxy) is 1. The molecular weight excluding hydrogens is 674 g/mol. The number of anilines is 1. The molecule has 3 aromatic carbocycles. The highest BCUT2D eigenvalue weighted by atomic mass is 19.1. The zero-order chi connectivity index (χ0) is 38.5. The Morgan fingerprint density at radius 1 is 0.887 bits per heavy atom. The van der Waals surface area contributed by atoms with Gasteiger partial charge in [-0.3, -0.25) is 14.6 Å². The molecule has 2 heterocycles. The third-order valence-electron chi connectivity index (χ3n) is 10.8. The van der Waals surface area contributed by atoms with Crippen LogP contribution in [0.4, 0.5) is 14.5 Å². The molecule has 0 spiro atoms. The molecule has 2 aliphatic rings. The summed E-state index contributed by atoms with van der Waals surface area (Å²) in [6.45, 7) is 15.0. The summed E-state index contributed by atoms with van der Waals surface area (Å²) in [5, 5.41) is 10.6. The minimum Gasteiger partial charge on any atom is -0.479 e. The number of nitrogens with zero attached hydrogens (tertiary/aromatic N) is 2. The molecule has 7 nitrogen and oxygen atoms in total. The Bertz CT molecular complexity index is 2010. The minimum absolute atomic E-state index is 0.00863. The van der Waals surface area contributed by atoms with Crippen molar-refractivity contribution >= 4 is 23.2 Å². The van der Waals surface area contributed by atoms with Gasteiger partial charge in [0.05, 0.1) is 11.3 Å². The van der Waals surface area contributed by atoms with Crippen molar-refractivity contribution in [2.24, 2.45) is 10.8 Å². The third-order valence-corrected chi connectivity index (χ3v) is 10.8. The minimum atomic E-state index is -1.52. The van der Waals surface area contributed by atoms with E-state index in [1.165, 1.54) is 24.3 Å². The van der Waals surface area contributed by atoms with Crippen molar-refractivity contribution in [1.29, 1.82) is 0 Å². The maximum Gasteiger partial charge on any atom is 0.337 e. The van der Waals surface area contributed by atoms with E-state index in [2.05, 4.69) is 18.7 Å². The van der Waals surface area contributed by atoms with Crippen molar-refractivity contribution < 1.29 is 33.0 Å². The predicted octanol–water partition coefficient (Wildman–Crippen LogP) is 8.99. The van der Waals surface area contributed by atoms with Crippen LogP contribution >= 0.6 is 0 Å². The predicted molar refractivity (Wildman–Crippen MR) is 201 cm³/mol. The van der Waals surface area contributed by atoms with Gasteiger partial charge in [0, 0.05) is 47.6 Å². The summed E-state index contributed by atoms with van der Waals surface area (Å²) in [5.74, 6) is -2.59. The van der Waals surface area contributed by atoms with Gasteiger partial charge >= 0.3 is 5.97 Å². The zero-order valence-corrected chi connectivity index (χ0v) is 31.6. The molecule has 0 unspecified atom stereocenters. The van der Waals surface area contributed by atoms with Gasteiger partial charge in [-0.15, -0.1) is 0 Å². The molecule has 9 heteroatoms. The van der Waals surface area contributed by atoms with E-state index in [1.54, 1.807) is 24.3 Å². The SMILES string of the molecule is Cc1nc(C)c([C@H](OC(C)(C)C)C(=O)O)c(N2CCC(C)(C)CC2)c1-c1ccc2c(c1)C(=O)C(Cc1ccc(F)cc1)(Cc1ccc(F)cc1)C(=O)C2. The van der Waals surface area contributed by atoms with Crippen LogP contribution < -0.4 is 4.90 Å². The number of aromatic nitrogens is 1. The van der Waals surface area contributed by atoms with E-state index in [1.807, 2.05) is 52.8 Å². The van der Waals surface area contributed by atoms with Gasteiger partial charge in [-0.25, -0.2) is 13.6 Å². The Morgan fingerprint density at radius 3 is 1.94 bits per heavy atom. The number of carboxylic acid groups (broad SMARTS) is 1. The number of halogens is 2. The topological polar surface area (TPSA) is 96.8 Å². The van der Waals surface area contributed by atoms with E-state index >= 15 is 4.79 Å². The van der Waals surface area contributed by atoms with E-state index in [0.717, 1.165) is 18.5 Å². The lowest BCUT2D eigenvalue weighted by Crippen LogP contribution is -2.47. The van der Waals surface area contributed by atoms with Crippen molar-refractivity contribution in [3.63, 3.8) is 0 Å². The van der Waals surface area contributed by atoms with Crippen LogP contribution in [-0.4, -0.2) is 46.3 Å². The van der Waals surface area contributed by atoms with Gasteiger partial charge in [0.25, 0.3) is 0 Å². The van der Waals surface area contributed by atoms with Gasteiger partial charge in [-0.2, -0.15) is 0 Å². The van der Waals surface area contributed by atoms with E-state index in [4.69, 9.17) is 9.72 Å². The van der Waals surface area contributed by atoms with Crippen molar-refractivity contribution in [1.82, 2.24) is 4.98 Å². The molecule has 0 saturated carbocycles. The summed E-state index contributed by atoms with van der Waals surface area (Å²) in [6, 6.07) is 17.1. The van der Waals surface area contributed by atoms with Crippen LogP contribution in [0, 0.1) is 36.3 Å². The molecule has 6 rings (SSSR count). The van der Waals surface area contributed by atoms with Crippen molar-refractivity contribution in [2.45, 2.75) is 92.3 Å². The normalized spacial score (nSPS) is 17.4. The average Bonchev–Trinajstić information content (AvgIpc) is 3.08. The summed E-state index contributed by atoms with van der Waals surface area (Å²) in [6.07, 6.45) is 0.576. The lowest BCUT2D eigenvalue weighted by Gasteiger charge is -2.41. The van der Waals surface area contributed by atoms with Gasteiger partial charge in [0.2, 0.25) is 0 Å². The average molecular weight is 723 g/mol. The van der Waals surface area contributed by atoms with Crippen LogP contribution in [0.15, 0.2) is 66.7 Å². The maximum atomic E-state index is 15.0. The van der Waals surface area contributed by atoms with E-state index in [-0.39, 0.29) is 36.2 Å². The number of aliphatic carboxylic acids is 1. The molecule has 1 N–H and O–H groups in total. The van der Waals surface area contributed by atoms with Crippen LogP contribution in [0.25, 0.3) is 11.1 Å². The van der Waals surface area contributed by atoms with E-state index in [9.17, 15) is 23.5 Å². The van der Waals surface area contributed by atoms with Crippen molar-refractivity contribution in [3.05, 3.63) is 118 Å². The monoisotopic (exact) mass is 722 g/mol. The van der Waals surface area contributed by atoms with E-state index < -0.39 is 34.7 Å². The highest BCUT2D eigenvalue weighted by Gasteiger charge is 2.49. The molecule has 278 valence electrons. The molecule has 0 amide bonds. The van der Waals surface area contributed by atoms with Crippen molar-refractivity contribution in [2.75, 3.05) is 18.0 Å². The second-order valence-electron chi connectivity index (χ2n) is 16.5. The number of piperidine rings is 1. The van der Waals surface area contributed by atoms with Gasteiger partial charge < -0.3 is 14.7 Å². The third kappa shape index (κ3) is 7.81. The van der Waals surface area contributed by atoms with Gasteiger partial charge in [0.15, 0.2) is 17.7 Å². The number of rotatable bonds is 9. The van der Waals surface area contributed by atoms with Crippen LogP contribution in [0.3, 0.4) is 0 Å². The van der Waals surface area contributed by atoms with Gasteiger partial charge in [-0.1, -0.05) is 50.2 Å². The van der Waals surface area contributed by atoms with Crippen LogP contribution in [0.2, 0.25) is 0 Å². The number of fused-ring (bicyclic) bond motifs is 1. The second-order valence-corrected chi connectivity index (χ2v) is 16.5. The Hall–Kier alpha value is -4.76. The number of benzene rings is 3. The summed E-state index contributed by atoms with van der Waals surface area (Å²) in [5.41, 5.74) is 3.89. The molecule has 4 aromatic rings. The largest absolute Gasteiger partial charge is 0.479 e. The van der Waals surface area contributed by atoms with Crippen molar-refractivity contribution in [3.8, 4) is 11.1 Å². The first-order valence-electron chi connectivity index (χ1n) is 18.2. The number of aryl methyl sites for hydroxylation is 2. The molecule has 1 aliphatic heterocycles. The first kappa shape index (κ1) is 38.0. The quantitative estimate of drug-likeness (QED) is 0.172. The number of carbonyl (C=O) groups is 3. The number of hydrogen-bond donors (Lipinski definition) is 1. The molecule has 1 aliphatic carbocycles. The number of Topliss-reactive ketones (excluding diaryl/α,β-unsaturated/α-hetero) is 2. The number of pyridine rings is 1. The highest BCUT2D eigenvalue weighted by molar-refractivity contribution is 6.19. The lowest BCUT2D eigenvalue weighted by molar-refractivity contribution is -0.160. The second kappa shape index (κ2) is 14.2. The Labute approximate surface area is 310 Å². The molecule has 1 saturated heterocycles. The van der Waals surface area contributed by atoms with Crippen LogP contribution in [0.1, 0.15) is 97.6 Å². The molecule has 0 radical (unpaired) electrons. The first-order chi connectivity index (χ1) is 24.9. The van der Waals surface area contributed by atoms with Gasteiger partial charge in [0.1, 0.15) is 17.0 Å². The van der Waals surface area contributed by atoms with Gasteiger partial charge in [-0.05, 0) is 118 Å². The standard InChI is InChI=1S/C44H48F2N2O5/c1-26-36(38(48-20-18-43(6,7)19-21-48)37(27(2)47-26)39(41(51)52)53-42(3,4)5)31-13-12-30-23-35(49)44(40(50)34(30)22-31,24-28-8-14-32(45)15-9-28)25-29-10-16-33(46)17-11-29/h8-17,22,39H,18-21,23-25H2,1-7H3,(H,51,52)/t39-/m0/s1. The summed E-state index contributed by atoms with van der Waals surface area (Å²) in [4.78, 5) is 49.3. The number of carboxylic acids is 1. The number of carbonyl (C=O) groups excluding carboxylic acids is 2. The number of ketones is 2. The van der Waals surface area contributed by atoms with Crippen LogP contribution in [0.5, 0.6) is 0 Å². The zero-order valence-electron chi connectivity index (χ0n) is 31.6. The molecule has 53 heavy (non-hydrogen) atoms. The fraction of sp³-hybridized carbons (Fsp3) is 0.409. The maximum absolute atomic E-state index is 15.0. The Kier molecular flexibility index (Phi) is 10.2.